The number of nitrogens with two attached hydrogens (primary N) is 1. The third-order valence-electron chi connectivity index (χ3n) is 4.58. The van der Waals surface area contributed by atoms with E-state index in [0.29, 0.717) is 28.4 Å². The van der Waals surface area contributed by atoms with Crippen LogP contribution in [0.15, 0.2) is 24.4 Å². The molecule has 0 fully saturated rings. The highest BCUT2D eigenvalue weighted by Crippen LogP contribution is 2.41. The number of hydrogen-bond acceptors (Lipinski definition) is 6. The van der Waals surface area contributed by atoms with E-state index < -0.39 is 17.4 Å². The standard InChI is InChI=1S/C21H26FN3O4/c1-12(2)8-21(3,23)11-29-16-6-5-13-14-7-18(25-20(26)27-4)24-9-17(14)28-10-15(13)19(16)22/h5-7,9,12H,8,10-11,23H2,1-4H3,(H,24,25,26). The zero-order valence-electron chi connectivity index (χ0n) is 17.0. The second-order valence-corrected chi connectivity index (χ2v) is 7.92. The first-order valence-corrected chi connectivity index (χ1v) is 9.41. The highest BCUT2D eigenvalue weighted by atomic mass is 19.1. The van der Waals surface area contributed by atoms with Crippen LogP contribution < -0.4 is 20.5 Å². The lowest BCUT2D eigenvalue weighted by atomic mass is 9.92. The van der Waals surface area contributed by atoms with E-state index in [4.69, 9.17) is 15.2 Å². The number of halogens is 1. The molecule has 3 N–H and O–H groups in total. The Morgan fingerprint density at radius 3 is 2.86 bits per heavy atom. The Labute approximate surface area is 169 Å². The summed E-state index contributed by atoms with van der Waals surface area (Å²) in [4.78, 5) is 15.5. The van der Waals surface area contributed by atoms with Crippen molar-refractivity contribution in [3.8, 4) is 22.6 Å². The highest BCUT2D eigenvalue weighted by Gasteiger charge is 2.26. The van der Waals surface area contributed by atoms with Gasteiger partial charge in [-0.3, -0.25) is 5.32 Å². The van der Waals surface area contributed by atoms with Crippen LogP contribution in [0, 0.1) is 11.7 Å². The van der Waals surface area contributed by atoms with Gasteiger partial charge in [-0.2, -0.15) is 0 Å². The Morgan fingerprint density at radius 2 is 2.17 bits per heavy atom. The van der Waals surface area contributed by atoms with Crippen molar-refractivity contribution in [2.24, 2.45) is 11.7 Å². The third-order valence-corrected chi connectivity index (χ3v) is 4.58. The van der Waals surface area contributed by atoms with E-state index in [0.717, 1.165) is 6.42 Å². The number of anilines is 1. The Balaban J connectivity index is 1.86. The average molecular weight is 403 g/mol. The van der Waals surface area contributed by atoms with Crippen LogP contribution in [-0.4, -0.2) is 30.3 Å². The minimum absolute atomic E-state index is 0.0582. The fourth-order valence-corrected chi connectivity index (χ4v) is 3.48. The maximum Gasteiger partial charge on any atom is 0.412 e. The number of carbonyl (C=O) groups excluding carboxylic acids is 1. The van der Waals surface area contributed by atoms with Crippen LogP contribution in [-0.2, 0) is 11.3 Å². The minimum Gasteiger partial charge on any atom is -0.489 e. The normalized spacial score (nSPS) is 14.3. The Hall–Kier alpha value is -2.87. The van der Waals surface area contributed by atoms with Crippen molar-refractivity contribution in [2.75, 3.05) is 19.0 Å². The van der Waals surface area contributed by atoms with Crippen LogP contribution in [0.25, 0.3) is 11.1 Å². The first-order chi connectivity index (χ1) is 13.7. The van der Waals surface area contributed by atoms with E-state index in [1.165, 1.54) is 13.3 Å². The van der Waals surface area contributed by atoms with Crippen LogP contribution in [0.1, 0.15) is 32.8 Å². The predicted molar refractivity (Wildman–Crippen MR) is 108 cm³/mol. The van der Waals surface area contributed by atoms with Crippen LogP contribution >= 0.6 is 0 Å². The molecule has 29 heavy (non-hydrogen) atoms. The number of methoxy groups -OCH3 is 1. The summed E-state index contributed by atoms with van der Waals surface area (Å²) in [5.41, 5.74) is 7.37. The number of aromatic nitrogens is 1. The number of amides is 1. The number of nitrogens with zero attached hydrogens (tertiary/aromatic N) is 1. The molecule has 1 aliphatic rings. The van der Waals surface area contributed by atoms with Gasteiger partial charge >= 0.3 is 6.09 Å². The van der Waals surface area contributed by atoms with Crippen molar-refractivity contribution in [3.63, 3.8) is 0 Å². The molecule has 156 valence electrons. The molecule has 0 saturated carbocycles. The van der Waals surface area contributed by atoms with Gasteiger partial charge in [-0.05, 0) is 43.0 Å². The van der Waals surface area contributed by atoms with Gasteiger partial charge in [0.05, 0.1) is 13.3 Å². The minimum atomic E-state index is -0.643. The summed E-state index contributed by atoms with van der Waals surface area (Å²) in [6, 6.07) is 4.97. The molecule has 8 heteroatoms. The molecule has 1 aromatic carbocycles. The fourth-order valence-electron chi connectivity index (χ4n) is 3.48. The third kappa shape index (κ3) is 4.76. The van der Waals surface area contributed by atoms with E-state index >= 15 is 4.39 Å². The zero-order valence-corrected chi connectivity index (χ0v) is 17.0. The summed E-state index contributed by atoms with van der Waals surface area (Å²) >= 11 is 0. The van der Waals surface area contributed by atoms with Gasteiger partial charge in [-0.15, -0.1) is 0 Å². The van der Waals surface area contributed by atoms with Gasteiger partial charge < -0.3 is 19.9 Å². The molecule has 1 aliphatic heterocycles. The molecule has 1 aromatic heterocycles. The molecule has 7 nitrogen and oxygen atoms in total. The second kappa shape index (κ2) is 8.24. The van der Waals surface area contributed by atoms with Crippen molar-refractivity contribution >= 4 is 11.9 Å². The Bertz CT molecular complexity index is 915. The molecular formula is C21H26FN3O4. The first-order valence-electron chi connectivity index (χ1n) is 9.41. The lowest BCUT2D eigenvalue weighted by Gasteiger charge is -2.27. The zero-order chi connectivity index (χ0) is 21.2. The van der Waals surface area contributed by atoms with Gasteiger partial charge in [0.2, 0.25) is 0 Å². The lowest BCUT2D eigenvalue weighted by molar-refractivity contribution is 0.187. The van der Waals surface area contributed by atoms with Gasteiger partial charge in [0.1, 0.15) is 24.8 Å². The van der Waals surface area contributed by atoms with E-state index in [1.54, 1.807) is 18.2 Å². The Morgan fingerprint density at radius 1 is 1.41 bits per heavy atom. The van der Waals surface area contributed by atoms with Gasteiger partial charge in [-0.25, -0.2) is 14.2 Å². The number of fused-ring (bicyclic) bond motifs is 3. The van der Waals surface area contributed by atoms with Crippen molar-refractivity contribution in [2.45, 2.75) is 39.3 Å². The molecule has 2 aromatic rings. The summed E-state index contributed by atoms with van der Waals surface area (Å²) in [5.74, 6) is 0.854. The smallest absolute Gasteiger partial charge is 0.412 e. The summed E-state index contributed by atoms with van der Waals surface area (Å²) in [6.45, 7) is 6.32. The van der Waals surface area contributed by atoms with Crippen LogP contribution in [0.4, 0.5) is 15.0 Å². The summed E-state index contributed by atoms with van der Waals surface area (Å²) in [5, 5.41) is 2.49. The predicted octanol–water partition coefficient (Wildman–Crippen LogP) is 4.10. The van der Waals surface area contributed by atoms with Crippen LogP contribution in [0.2, 0.25) is 0 Å². The van der Waals surface area contributed by atoms with Crippen LogP contribution in [0.5, 0.6) is 11.5 Å². The molecule has 1 atom stereocenters. The number of nitrogens with one attached hydrogen (secondary N) is 1. The maximum atomic E-state index is 15.1. The molecule has 0 saturated heterocycles. The highest BCUT2D eigenvalue weighted by molar-refractivity contribution is 5.86. The molecule has 2 heterocycles. The van der Waals surface area contributed by atoms with Crippen molar-refractivity contribution in [1.29, 1.82) is 0 Å². The lowest BCUT2D eigenvalue weighted by Crippen LogP contribution is -2.43. The van der Waals surface area contributed by atoms with Crippen LogP contribution in [0.3, 0.4) is 0 Å². The average Bonchev–Trinajstić information content (AvgIpc) is 2.66. The topological polar surface area (TPSA) is 95.7 Å². The van der Waals surface area contributed by atoms with Gasteiger partial charge in [0.25, 0.3) is 0 Å². The second-order valence-electron chi connectivity index (χ2n) is 7.92. The van der Waals surface area contributed by atoms with Crippen molar-refractivity contribution in [1.82, 2.24) is 4.98 Å². The molecule has 1 unspecified atom stereocenters. The number of pyridine rings is 1. The maximum absolute atomic E-state index is 15.1. The quantitative estimate of drug-likeness (QED) is 0.754. The summed E-state index contributed by atoms with van der Waals surface area (Å²) in [7, 11) is 1.26. The van der Waals surface area contributed by atoms with Gasteiger partial charge in [0, 0.05) is 16.7 Å². The number of ether oxygens (including phenoxy) is 3. The molecule has 0 spiro atoms. The molecule has 0 bridgehead atoms. The van der Waals surface area contributed by atoms with Gasteiger partial charge in [-0.1, -0.05) is 13.8 Å². The Kier molecular flexibility index (Phi) is 5.93. The summed E-state index contributed by atoms with van der Waals surface area (Å²) < 4.78 is 31.0. The van der Waals surface area contributed by atoms with Gasteiger partial charge in [0.15, 0.2) is 11.6 Å². The van der Waals surface area contributed by atoms with E-state index in [1.807, 2.05) is 6.92 Å². The monoisotopic (exact) mass is 403 g/mol. The van der Waals surface area contributed by atoms with Crippen molar-refractivity contribution < 1.29 is 23.4 Å². The van der Waals surface area contributed by atoms with Crippen molar-refractivity contribution in [3.05, 3.63) is 35.8 Å². The number of rotatable bonds is 6. The number of carbonyl (C=O) groups is 1. The molecule has 1 amide bonds. The number of hydrogen-bond donors (Lipinski definition) is 2. The SMILES string of the molecule is COC(=O)Nc1cc2c(cn1)OCc1c-2ccc(OCC(C)(N)CC(C)C)c1F. The molecule has 3 rings (SSSR count). The molecule has 0 aliphatic carbocycles. The molecular weight excluding hydrogens is 377 g/mol. The van der Waals surface area contributed by atoms with E-state index in [2.05, 4.69) is 28.9 Å². The molecule has 0 radical (unpaired) electrons. The largest absolute Gasteiger partial charge is 0.489 e. The van der Waals surface area contributed by atoms with E-state index in [9.17, 15) is 4.79 Å². The summed E-state index contributed by atoms with van der Waals surface area (Å²) in [6.07, 6.45) is 1.60. The number of benzene rings is 1. The first kappa shape index (κ1) is 20.9. The van der Waals surface area contributed by atoms with E-state index in [-0.39, 0.29) is 24.8 Å². The fraction of sp³-hybridized carbons (Fsp3) is 0.429.